The van der Waals surface area contributed by atoms with Gasteiger partial charge in [0.25, 0.3) is 0 Å². The Balaban J connectivity index is 2.00. The van der Waals surface area contributed by atoms with E-state index in [9.17, 15) is 4.79 Å². The van der Waals surface area contributed by atoms with Gasteiger partial charge in [-0.3, -0.25) is 0 Å². The number of carbonyl (C=O) groups is 1. The van der Waals surface area contributed by atoms with Gasteiger partial charge in [0.1, 0.15) is 6.10 Å². The molecule has 0 amide bonds. The Morgan fingerprint density at radius 2 is 1.46 bits per heavy atom. The van der Waals surface area contributed by atoms with Crippen LogP contribution in [-0.2, 0) is 19.0 Å². The molecule has 28 heavy (non-hydrogen) atoms. The molecule has 3 rings (SSSR count). The van der Waals surface area contributed by atoms with Crippen molar-refractivity contribution >= 4 is 5.97 Å². The van der Waals surface area contributed by atoms with E-state index in [-0.39, 0.29) is 0 Å². The highest BCUT2D eigenvalue weighted by molar-refractivity contribution is 5.76. The highest BCUT2D eigenvalue weighted by Gasteiger charge is 2.43. The summed E-state index contributed by atoms with van der Waals surface area (Å²) in [5.41, 5.74) is 2.58. The van der Waals surface area contributed by atoms with Crippen LogP contribution in [-0.4, -0.2) is 40.5 Å². The number of benzene rings is 2. The number of methoxy groups -OCH3 is 4. The first-order chi connectivity index (χ1) is 13.5. The molecule has 1 aliphatic rings. The summed E-state index contributed by atoms with van der Waals surface area (Å²) in [4.78, 5) is 12.3. The lowest BCUT2D eigenvalue weighted by Gasteiger charge is -2.19. The first-order valence-corrected chi connectivity index (χ1v) is 8.77. The molecule has 0 radical (unpaired) electrons. The summed E-state index contributed by atoms with van der Waals surface area (Å²) in [6.45, 7) is 2.00. The molecule has 0 saturated carbocycles. The number of esters is 1. The highest BCUT2D eigenvalue weighted by Crippen LogP contribution is 2.45. The van der Waals surface area contributed by atoms with Crippen LogP contribution in [0.1, 0.15) is 29.1 Å². The quantitative estimate of drug-likeness (QED) is 0.703. The second-order valence-electron chi connectivity index (χ2n) is 6.34. The van der Waals surface area contributed by atoms with Crippen molar-refractivity contribution in [3.05, 3.63) is 53.1 Å². The summed E-state index contributed by atoms with van der Waals surface area (Å²) < 4.78 is 33.1. The zero-order valence-corrected chi connectivity index (χ0v) is 16.6. The third kappa shape index (κ3) is 3.76. The van der Waals surface area contributed by atoms with E-state index in [4.69, 9.17) is 28.4 Å². The molecule has 7 heteroatoms. The average molecular weight is 388 g/mol. The molecule has 0 spiro atoms. The van der Waals surface area contributed by atoms with Crippen molar-refractivity contribution in [3.63, 3.8) is 0 Å². The molecule has 1 heterocycles. The van der Waals surface area contributed by atoms with E-state index in [0.29, 0.717) is 22.8 Å². The van der Waals surface area contributed by atoms with Gasteiger partial charge in [-0.2, -0.15) is 0 Å². The zero-order valence-electron chi connectivity index (χ0n) is 16.6. The number of hydrogen-bond donors (Lipinski definition) is 0. The predicted molar refractivity (Wildman–Crippen MR) is 101 cm³/mol. The molecular weight excluding hydrogens is 364 g/mol. The van der Waals surface area contributed by atoms with Gasteiger partial charge in [0.15, 0.2) is 23.9 Å². The van der Waals surface area contributed by atoms with Gasteiger partial charge in [-0.1, -0.05) is 29.8 Å². The van der Waals surface area contributed by atoms with Crippen LogP contribution in [0.2, 0.25) is 0 Å². The van der Waals surface area contributed by atoms with E-state index in [0.717, 1.165) is 11.1 Å². The number of ether oxygens (including phenoxy) is 6. The Bertz CT molecular complexity index is 806. The van der Waals surface area contributed by atoms with Crippen molar-refractivity contribution in [2.75, 3.05) is 28.4 Å². The summed E-state index contributed by atoms with van der Waals surface area (Å²) in [5.74, 6) is 0.858. The topological polar surface area (TPSA) is 72.5 Å². The molecule has 7 nitrogen and oxygen atoms in total. The summed E-state index contributed by atoms with van der Waals surface area (Å²) >= 11 is 0. The number of hydrogen-bond acceptors (Lipinski definition) is 7. The normalized spacial score (nSPS) is 21.2. The van der Waals surface area contributed by atoms with Gasteiger partial charge >= 0.3 is 5.97 Å². The Hall–Kier alpha value is -2.77. The van der Waals surface area contributed by atoms with Crippen LogP contribution in [0.5, 0.6) is 17.2 Å². The molecule has 1 saturated heterocycles. The molecule has 2 aromatic rings. The van der Waals surface area contributed by atoms with Crippen LogP contribution >= 0.6 is 0 Å². The Labute approximate surface area is 164 Å². The minimum absolute atomic E-state index is 0.456. The monoisotopic (exact) mass is 388 g/mol. The maximum Gasteiger partial charge on any atom is 0.338 e. The molecular formula is C21H24O7. The standard InChI is InChI=1S/C21H24O7/c1-12-6-8-13(9-7-12)21-27-17(19(28-21)20(22)26-5)14-10-15(23-2)18(25-4)16(11-14)24-3/h6-11,17,19,21H,1-5H3/t17-,19+,21-/m1/s1. The van der Waals surface area contributed by atoms with Gasteiger partial charge in [-0.25, -0.2) is 4.79 Å². The molecule has 1 aliphatic heterocycles. The smallest absolute Gasteiger partial charge is 0.338 e. The van der Waals surface area contributed by atoms with E-state index < -0.39 is 24.5 Å². The van der Waals surface area contributed by atoms with Crippen LogP contribution in [0, 0.1) is 6.92 Å². The van der Waals surface area contributed by atoms with E-state index in [1.54, 1.807) is 12.1 Å². The highest BCUT2D eigenvalue weighted by atomic mass is 16.7. The van der Waals surface area contributed by atoms with Crippen molar-refractivity contribution < 1.29 is 33.2 Å². The molecule has 0 N–H and O–H groups in total. The summed E-state index contributed by atoms with van der Waals surface area (Å²) in [6, 6.07) is 11.2. The summed E-state index contributed by atoms with van der Waals surface area (Å²) in [6.07, 6.45) is -2.33. The summed E-state index contributed by atoms with van der Waals surface area (Å²) in [7, 11) is 5.90. The van der Waals surface area contributed by atoms with Crippen LogP contribution in [0.3, 0.4) is 0 Å². The van der Waals surface area contributed by atoms with Gasteiger partial charge in [0.05, 0.1) is 28.4 Å². The van der Waals surface area contributed by atoms with Crippen LogP contribution < -0.4 is 14.2 Å². The van der Waals surface area contributed by atoms with Crippen LogP contribution in [0.25, 0.3) is 0 Å². The minimum Gasteiger partial charge on any atom is -0.493 e. The fourth-order valence-electron chi connectivity index (χ4n) is 3.14. The van der Waals surface area contributed by atoms with Crippen molar-refractivity contribution in [1.82, 2.24) is 0 Å². The first kappa shape index (κ1) is 20.0. The number of aryl methyl sites for hydroxylation is 1. The van der Waals surface area contributed by atoms with Gasteiger partial charge in [0.2, 0.25) is 5.75 Å². The molecule has 3 atom stereocenters. The van der Waals surface area contributed by atoms with E-state index in [1.807, 2.05) is 31.2 Å². The molecule has 0 bridgehead atoms. The largest absolute Gasteiger partial charge is 0.493 e. The third-order valence-corrected chi connectivity index (χ3v) is 4.61. The molecule has 0 aliphatic carbocycles. The second-order valence-corrected chi connectivity index (χ2v) is 6.34. The van der Waals surface area contributed by atoms with Crippen molar-refractivity contribution in [3.8, 4) is 17.2 Å². The number of rotatable bonds is 6. The second kappa shape index (κ2) is 8.50. The fraction of sp³-hybridized carbons (Fsp3) is 0.381. The Kier molecular flexibility index (Phi) is 6.06. The molecule has 1 fully saturated rings. The fourth-order valence-corrected chi connectivity index (χ4v) is 3.14. The zero-order chi connectivity index (χ0) is 20.3. The van der Waals surface area contributed by atoms with Gasteiger partial charge < -0.3 is 28.4 Å². The van der Waals surface area contributed by atoms with Crippen LogP contribution in [0.4, 0.5) is 0 Å². The van der Waals surface area contributed by atoms with Crippen molar-refractivity contribution in [2.24, 2.45) is 0 Å². The average Bonchev–Trinajstić information content (AvgIpc) is 3.17. The van der Waals surface area contributed by atoms with Crippen molar-refractivity contribution in [1.29, 1.82) is 0 Å². The van der Waals surface area contributed by atoms with E-state index >= 15 is 0 Å². The van der Waals surface area contributed by atoms with Gasteiger partial charge in [-0.05, 0) is 24.6 Å². The van der Waals surface area contributed by atoms with E-state index in [2.05, 4.69) is 0 Å². The van der Waals surface area contributed by atoms with E-state index in [1.165, 1.54) is 28.4 Å². The molecule has 2 aromatic carbocycles. The third-order valence-electron chi connectivity index (χ3n) is 4.61. The molecule has 0 unspecified atom stereocenters. The first-order valence-electron chi connectivity index (χ1n) is 8.77. The molecule has 0 aromatic heterocycles. The number of carbonyl (C=O) groups excluding carboxylic acids is 1. The predicted octanol–water partition coefficient (Wildman–Crippen LogP) is 3.35. The van der Waals surface area contributed by atoms with Gasteiger partial charge in [-0.15, -0.1) is 0 Å². The molecule has 150 valence electrons. The SMILES string of the molecule is COC(=O)[C@H]1O[C@H](c2ccc(C)cc2)O[C@@H]1c1cc(OC)c(OC)c(OC)c1. The van der Waals surface area contributed by atoms with Gasteiger partial charge in [0, 0.05) is 5.56 Å². The lowest BCUT2D eigenvalue weighted by atomic mass is 10.0. The lowest BCUT2D eigenvalue weighted by molar-refractivity contribution is -0.154. The Morgan fingerprint density at radius 3 is 1.96 bits per heavy atom. The minimum atomic E-state index is -0.931. The maximum atomic E-state index is 12.3. The lowest BCUT2D eigenvalue weighted by Crippen LogP contribution is -2.27. The van der Waals surface area contributed by atoms with Crippen LogP contribution in [0.15, 0.2) is 36.4 Å². The summed E-state index contributed by atoms with van der Waals surface area (Å²) in [5, 5.41) is 0. The maximum absolute atomic E-state index is 12.3. The van der Waals surface area contributed by atoms with Crippen molar-refractivity contribution in [2.45, 2.75) is 25.4 Å². The Morgan fingerprint density at radius 1 is 0.857 bits per heavy atom.